The molecule has 2 aromatic rings. The number of unbranched alkanes of at least 4 members (excludes halogenated alkanes) is 4. The highest BCUT2D eigenvalue weighted by molar-refractivity contribution is 5.97. The molecular weight excluding hydrogens is 330 g/mol. The number of rotatable bonds is 10. The normalized spacial score (nSPS) is 11.4. The fourth-order valence-electron chi connectivity index (χ4n) is 2.33. The van der Waals surface area contributed by atoms with Crippen LogP contribution in [0.2, 0.25) is 0 Å². The number of guanidine groups is 1. The van der Waals surface area contributed by atoms with E-state index in [4.69, 9.17) is 16.2 Å². The van der Waals surface area contributed by atoms with E-state index in [9.17, 15) is 0 Å². The van der Waals surface area contributed by atoms with Crippen LogP contribution in [0.3, 0.4) is 0 Å². The molecule has 0 spiro atoms. The number of hydrogen-bond donors (Lipinski definition) is 2. The van der Waals surface area contributed by atoms with Gasteiger partial charge in [-0.1, -0.05) is 37.8 Å². The summed E-state index contributed by atoms with van der Waals surface area (Å²) in [6.07, 6.45) is 7.90. The molecule has 0 amide bonds. The largest absolute Gasteiger partial charge is 0.494 e. The van der Waals surface area contributed by atoms with Crippen molar-refractivity contribution in [2.24, 2.45) is 21.7 Å². The first-order chi connectivity index (χ1) is 12.6. The van der Waals surface area contributed by atoms with Crippen LogP contribution < -0.4 is 16.2 Å². The Morgan fingerprint density at radius 3 is 2.50 bits per heavy atom. The lowest BCUT2D eigenvalue weighted by atomic mass is 10.2. The molecule has 1 heterocycles. The standard InChI is InChI=1S/C18H27N7O/c1-3-4-5-6-7-12-26-16-10-8-15(9-11-16)25-13-17(22-24-25)14(2)21-23-18(19)20/h8-11,13H,3-7,12H2,1-2H3,(H4,19,20,23)/b21-14+. The lowest BCUT2D eigenvalue weighted by molar-refractivity contribution is 0.304. The minimum atomic E-state index is -0.0994. The van der Waals surface area contributed by atoms with Crippen molar-refractivity contribution < 1.29 is 4.74 Å². The molecule has 0 atom stereocenters. The second-order valence-corrected chi connectivity index (χ2v) is 6.02. The van der Waals surface area contributed by atoms with Crippen LogP contribution in [0.4, 0.5) is 0 Å². The Bertz CT molecular complexity index is 730. The van der Waals surface area contributed by atoms with Crippen LogP contribution in [0.15, 0.2) is 40.7 Å². The zero-order valence-corrected chi connectivity index (χ0v) is 15.4. The zero-order valence-electron chi connectivity index (χ0n) is 15.4. The van der Waals surface area contributed by atoms with Crippen LogP contribution in [0.5, 0.6) is 5.75 Å². The molecule has 140 valence electrons. The number of nitrogens with two attached hydrogens (primary N) is 2. The van der Waals surface area contributed by atoms with Gasteiger partial charge in [0.05, 0.1) is 24.2 Å². The van der Waals surface area contributed by atoms with Crippen molar-refractivity contribution in [3.05, 3.63) is 36.2 Å². The van der Waals surface area contributed by atoms with E-state index in [1.165, 1.54) is 25.7 Å². The Kier molecular flexibility index (Phi) is 7.60. The van der Waals surface area contributed by atoms with Crippen molar-refractivity contribution in [1.29, 1.82) is 0 Å². The second-order valence-electron chi connectivity index (χ2n) is 6.02. The predicted molar refractivity (Wildman–Crippen MR) is 104 cm³/mol. The van der Waals surface area contributed by atoms with E-state index < -0.39 is 0 Å². The smallest absolute Gasteiger partial charge is 0.211 e. The van der Waals surface area contributed by atoms with Crippen LogP contribution in [0.1, 0.15) is 51.6 Å². The number of ether oxygens (including phenoxy) is 1. The van der Waals surface area contributed by atoms with Crippen molar-refractivity contribution in [3.63, 3.8) is 0 Å². The van der Waals surface area contributed by atoms with E-state index in [0.717, 1.165) is 24.5 Å². The van der Waals surface area contributed by atoms with Crippen molar-refractivity contribution in [3.8, 4) is 11.4 Å². The minimum absolute atomic E-state index is 0.0994. The summed E-state index contributed by atoms with van der Waals surface area (Å²) in [6, 6.07) is 7.74. The van der Waals surface area contributed by atoms with Crippen LogP contribution in [0, 0.1) is 0 Å². The SMILES string of the molecule is CCCCCCCOc1ccc(-n2cc(/C(C)=N/N=C(N)N)nn2)cc1. The van der Waals surface area contributed by atoms with Gasteiger partial charge in [0, 0.05) is 0 Å². The summed E-state index contributed by atoms with van der Waals surface area (Å²) in [4.78, 5) is 0. The van der Waals surface area contributed by atoms with Gasteiger partial charge in [-0.2, -0.15) is 0 Å². The van der Waals surface area contributed by atoms with Gasteiger partial charge in [-0.05, 0) is 37.6 Å². The van der Waals surface area contributed by atoms with Gasteiger partial charge in [0.2, 0.25) is 5.96 Å². The van der Waals surface area contributed by atoms with Gasteiger partial charge >= 0.3 is 0 Å². The highest BCUT2D eigenvalue weighted by atomic mass is 16.5. The monoisotopic (exact) mass is 357 g/mol. The maximum Gasteiger partial charge on any atom is 0.211 e. The molecular formula is C18H27N7O. The van der Waals surface area contributed by atoms with E-state index in [1.807, 2.05) is 24.3 Å². The highest BCUT2D eigenvalue weighted by Crippen LogP contribution is 2.16. The molecule has 4 N–H and O–H groups in total. The average Bonchev–Trinajstić information content (AvgIpc) is 3.13. The van der Waals surface area contributed by atoms with Crippen molar-refractivity contribution >= 4 is 11.7 Å². The van der Waals surface area contributed by atoms with E-state index in [-0.39, 0.29) is 5.96 Å². The third-order valence-corrected chi connectivity index (χ3v) is 3.80. The third kappa shape index (κ3) is 6.19. The fraction of sp³-hybridized carbons (Fsp3) is 0.444. The maximum atomic E-state index is 5.77. The molecule has 0 bridgehead atoms. The first kappa shape index (κ1) is 19.4. The summed E-state index contributed by atoms with van der Waals surface area (Å²) < 4.78 is 7.44. The van der Waals surface area contributed by atoms with Crippen LogP contribution in [-0.4, -0.2) is 33.3 Å². The van der Waals surface area contributed by atoms with Gasteiger partial charge in [0.25, 0.3) is 0 Å². The molecule has 0 saturated carbocycles. The van der Waals surface area contributed by atoms with Gasteiger partial charge in [0.15, 0.2) is 0 Å². The van der Waals surface area contributed by atoms with E-state index >= 15 is 0 Å². The zero-order chi connectivity index (χ0) is 18.8. The molecule has 0 aliphatic carbocycles. The molecule has 8 nitrogen and oxygen atoms in total. The number of nitrogens with zero attached hydrogens (tertiary/aromatic N) is 5. The predicted octanol–water partition coefficient (Wildman–Crippen LogP) is 2.61. The molecule has 0 unspecified atom stereocenters. The van der Waals surface area contributed by atoms with E-state index in [1.54, 1.807) is 17.8 Å². The summed E-state index contributed by atoms with van der Waals surface area (Å²) >= 11 is 0. The maximum absolute atomic E-state index is 5.77. The molecule has 26 heavy (non-hydrogen) atoms. The Balaban J connectivity index is 1.90. The Labute approximate surface area is 153 Å². The third-order valence-electron chi connectivity index (χ3n) is 3.80. The molecule has 1 aromatic carbocycles. The molecule has 2 rings (SSSR count). The van der Waals surface area contributed by atoms with Gasteiger partial charge in [0.1, 0.15) is 11.4 Å². The summed E-state index contributed by atoms with van der Waals surface area (Å²) in [5.74, 6) is 0.757. The number of hydrogen-bond acceptors (Lipinski definition) is 5. The molecule has 0 radical (unpaired) electrons. The molecule has 0 aliphatic heterocycles. The Morgan fingerprint density at radius 1 is 1.08 bits per heavy atom. The number of benzene rings is 1. The molecule has 0 aliphatic rings. The summed E-state index contributed by atoms with van der Waals surface area (Å²) in [5.41, 5.74) is 12.6. The molecule has 0 saturated heterocycles. The molecule has 0 fully saturated rings. The lowest BCUT2D eigenvalue weighted by Crippen LogP contribution is -2.22. The molecule has 8 heteroatoms. The van der Waals surface area contributed by atoms with Gasteiger partial charge in [-0.25, -0.2) is 4.68 Å². The fourth-order valence-corrected chi connectivity index (χ4v) is 2.33. The topological polar surface area (TPSA) is 117 Å². The Hall–Kier alpha value is -2.90. The summed E-state index contributed by atoms with van der Waals surface area (Å²) in [5, 5.41) is 15.7. The molecule has 1 aromatic heterocycles. The first-order valence-corrected chi connectivity index (χ1v) is 8.89. The number of aromatic nitrogens is 3. The quantitative estimate of drug-likeness (QED) is 0.293. The lowest BCUT2D eigenvalue weighted by Gasteiger charge is -2.07. The van der Waals surface area contributed by atoms with Gasteiger partial charge in [-0.15, -0.1) is 15.3 Å². The summed E-state index contributed by atoms with van der Waals surface area (Å²) in [7, 11) is 0. The second kappa shape index (κ2) is 10.2. The average molecular weight is 357 g/mol. The van der Waals surface area contributed by atoms with Crippen molar-refractivity contribution in [2.45, 2.75) is 46.0 Å². The highest BCUT2D eigenvalue weighted by Gasteiger charge is 2.06. The minimum Gasteiger partial charge on any atom is -0.494 e. The van der Waals surface area contributed by atoms with Crippen LogP contribution in [0.25, 0.3) is 5.69 Å². The first-order valence-electron chi connectivity index (χ1n) is 8.89. The Morgan fingerprint density at radius 2 is 1.81 bits per heavy atom. The van der Waals surface area contributed by atoms with E-state index in [2.05, 4.69) is 27.4 Å². The van der Waals surface area contributed by atoms with Gasteiger partial charge < -0.3 is 16.2 Å². The van der Waals surface area contributed by atoms with Crippen molar-refractivity contribution in [1.82, 2.24) is 15.0 Å². The van der Waals surface area contributed by atoms with E-state index in [0.29, 0.717) is 11.4 Å². The van der Waals surface area contributed by atoms with Gasteiger partial charge in [-0.3, -0.25) is 0 Å². The van der Waals surface area contributed by atoms with Crippen molar-refractivity contribution in [2.75, 3.05) is 6.61 Å². The van der Waals surface area contributed by atoms with Crippen LogP contribution >= 0.6 is 0 Å². The summed E-state index contributed by atoms with van der Waals surface area (Å²) in [6.45, 7) is 4.73. The van der Waals surface area contributed by atoms with Crippen LogP contribution in [-0.2, 0) is 0 Å².